The number of aromatic nitrogens is 2. The molecule has 6 heteroatoms. The molecule has 0 fully saturated rings. The standard InChI is InChI=1S/C14H24N4O2/c1-5-6-7-8-16-11-12(15)18(9-10(2)3)14(20)17(4)13(11)19/h5-6,10,16H,7-9,15H2,1-4H3/b6-5+. The van der Waals surface area contributed by atoms with Crippen molar-refractivity contribution in [2.45, 2.75) is 33.7 Å². The zero-order valence-electron chi connectivity index (χ0n) is 12.6. The van der Waals surface area contributed by atoms with E-state index in [0.29, 0.717) is 18.8 Å². The van der Waals surface area contributed by atoms with Crippen LogP contribution in [0.3, 0.4) is 0 Å². The Morgan fingerprint density at radius 2 is 2.00 bits per heavy atom. The molecule has 3 N–H and O–H groups in total. The van der Waals surface area contributed by atoms with Crippen LogP contribution in [0, 0.1) is 5.92 Å². The van der Waals surface area contributed by atoms with Crippen LogP contribution < -0.4 is 22.3 Å². The third kappa shape index (κ3) is 3.53. The minimum absolute atomic E-state index is 0.215. The van der Waals surface area contributed by atoms with Gasteiger partial charge in [0, 0.05) is 20.1 Å². The predicted molar refractivity (Wildman–Crippen MR) is 83.1 cm³/mol. The molecule has 0 spiro atoms. The number of hydrogen-bond donors (Lipinski definition) is 2. The van der Waals surface area contributed by atoms with Crippen molar-refractivity contribution < 1.29 is 0 Å². The Bertz CT molecular complexity index is 596. The van der Waals surface area contributed by atoms with Crippen molar-refractivity contribution in [3.05, 3.63) is 33.0 Å². The second-order valence-corrected chi connectivity index (χ2v) is 5.20. The van der Waals surface area contributed by atoms with Crippen LogP contribution in [0.1, 0.15) is 27.2 Å². The summed E-state index contributed by atoms with van der Waals surface area (Å²) in [5.41, 5.74) is 5.53. The summed E-state index contributed by atoms with van der Waals surface area (Å²) in [5.74, 6) is 0.482. The number of allylic oxidation sites excluding steroid dienone is 1. The van der Waals surface area contributed by atoms with E-state index in [1.807, 2.05) is 32.9 Å². The fourth-order valence-electron chi connectivity index (χ4n) is 1.94. The van der Waals surface area contributed by atoms with Gasteiger partial charge in [-0.05, 0) is 19.3 Å². The second kappa shape index (κ2) is 6.98. The van der Waals surface area contributed by atoms with Gasteiger partial charge in [-0.1, -0.05) is 26.0 Å². The molecule has 0 aliphatic carbocycles. The number of nitrogens with two attached hydrogens (primary N) is 1. The lowest BCUT2D eigenvalue weighted by atomic mass is 10.2. The summed E-state index contributed by atoms with van der Waals surface area (Å²) in [7, 11) is 1.47. The monoisotopic (exact) mass is 280 g/mol. The first-order valence-electron chi connectivity index (χ1n) is 6.84. The average Bonchev–Trinajstić information content (AvgIpc) is 2.40. The molecular formula is C14H24N4O2. The maximum Gasteiger partial charge on any atom is 0.332 e. The summed E-state index contributed by atoms with van der Waals surface area (Å²) in [6.45, 7) is 7.02. The zero-order valence-corrected chi connectivity index (χ0v) is 12.6. The lowest BCUT2D eigenvalue weighted by Crippen LogP contribution is -2.41. The number of nitrogens with one attached hydrogen (secondary N) is 1. The van der Waals surface area contributed by atoms with Gasteiger partial charge in [-0.3, -0.25) is 13.9 Å². The van der Waals surface area contributed by atoms with Crippen molar-refractivity contribution in [2.24, 2.45) is 13.0 Å². The molecule has 0 radical (unpaired) electrons. The maximum absolute atomic E-state index is 12.1. The van der Waals surface area contributed by atoms with Crippen molar-refractivity contribution in [1.29, 1.82) is 0 Å². The van der Waals surface area contributed by atoms with E-state index in [4.69, 9.17) is 5.73 Å². The molecule has 0 amide bonds. The first-order chi connectivity index (χ1) is 9.40. The summed E-state index contributed by atoms with van der Waals surface area (Å²) in [6, 6.07) is 0. The largest absolute Gasteiger partial charge is 0.383 e. The van der Waals surface area contributed by atoms with Gasteiger partial charge < -0.3 is 11.1 Å². The Morgan fingerprint density at radius 3 is 2.55 bits per heavy atom. The van der Waals surface area contributed by atoms with Gasteiger partial charge in [0.25, 0.3) is 5.56 Å². The first-order valence-corrected chi connectivity index (χ1v) is 6.84. The molecule has 6 nitrogen and oxygen atoms in total. The smallest absolute Gasteiger partial charge is 0.332 e. The SMILES string of the molecule is C/C=C/CCNc1c(N)n(CC(C)C)c(=O)n(C)c1=O. The molecule has 0 bridgehead atoms. The number of hydrogen-bond acceptors (Lipinski definition) is 4. The topological polar surface area (TPSA) is 82.0 Å². The fraction of sp³-hybridized carbons (Fsp3) is 0.571. The summed E-state index contributed by atoms with van der Waals surface area (Å²) in [5, 5.41) is 3.03. The molecule has 0 aromatic carbocycles. The highest BCUT2D eigenvalue weighted by Gasteiger charge is 2.15. The van der Waals surface area contributed by atoms with E-state index in [-0.39, 0.29) is 23.0 Å². The van der Waals surface area contributed by atoms with Crippen LogP contribution in [0.4, 0.5) is 11.5 Å². The van der Waals surface area contributed by atoms with E-state index in [1.165, 1.54) is 11.6 Å². The molecule has 0 atom stereocenters. The van der Waals surface area contributed by atoms with Crippen LogP contribution in [0.5, 0.6) is 0 Å². The minimum atomic E-state index is -0.381. The first kappa shape index (κ1) is 16.1. The second-order valence-electron chi connectivity index (χ2n) is 5.20. The molecule has 112 valence electrons. The van der Waals surface area contributed by atoms with Gasteiger partial charge >= 0.3 is 5.69 Å². The highest BCUT2D eigenvalue weighted by atomic mass is 16.2. The molecule has 20 heavy (non-hydrogen) atoms. The molecule has 1 aromatic heterocycles. The van der Waals surface area contributed by atoms with Gasteiger partial charge in [-0.25, -0.2) is 4.79 Å². The molecule has 0 aliphatic rings. The molecule has 0 unspecified atom stereocenters. The van der Waals surface area contributed by atoms with Gasteiger partial charge in [-0.15, -0.1) is 0 Å². The Hall–Kier alpha value is -1.98. The van der Waals surface area contributed by atoms with Crippen molar-refractivity contribution in [3.8, 4) is 0 Å². The number of anilines is 2. The summed E-state index contributed by atoms with van der Waals surface area (Å²) in [6.07, 6.45) is 4.74. The summed E-state index contributed by atoms with van der Waals surface area (Å²) in [4.78, 5) is 24.2. The van der Waals surface area contributed by atoms with Crippen molar-refractivity contribution in [2.75, 3.05) is 17.6 Å². The third-order valence-electron chi connectivity index (χ3n) is 2.98. The van der Waals surface area contributed by atoms with E-state index in [0.717, 1.165) is 11.0 Å². The number of rotatable bonds is 6. The zero-order chi connectivity index (χ0) is 15.3. The maximum atomic E-state index is 12.1. The van der Waals surface area contributed by atoms with Crippen LogP contribution in [0.2, 0.25) is 0 Å². The van der Waals surface area contributed by atoms with Crippen molar-refractivity contribution in [1.82, 2.24) is 9.13 Å². The Labute approximate surface area is 118 Å². The van der Waals surface area contributed by atoms with Crippen LogP contribution >= 0.6 is 0 Å². The van der Waals surface area contributed by atoms with Crippen molar-refractivity contribution >= 4 is 11.5 Å². The normalized spacial score (nSPS) is 11.4. The highest BCUT2D eigenvalue weighted by Crippen LogP contribution is 2.12. The van der Waals surface area contributed by atoms with Crippen molar-refractivity contribution in [3.63, 3.8) is 0 Å². The lowest BCUT2D eigenvalue weighted by molar-refractivity contribution is 0.494. The molecule has 1 rings (SSSR count). The highest BCUT2D eigenvalue weighted by molar-refractivity contribution is 5.60. The summed E-state index contributed by atoms with van der Waals surface area (Å²) < 4.78 is 2.54. The quantitative estimate of drug-likeness (QED) is 0.605. The van der Waals surface area contributed by atoms with E-state index < -0.39 is 0 Å². The van der Waals surface area contributed by atoms with Crippen LogP contribution in [-0.4, -0.2) is 15.7 Å². The van der Waals surface area contributed by atoms with Crippen LogP contribution in [0.15, 0.2) is 21.7 Å². The van der Waals surface area contributed by atoms with Gasteiger partial charge in [0.05, 0.1) is 0 Å². The van der Waals surface area contributed by atoms with E-state index in [2.05, 4.69) is 5.32 Å². The predicted octanol–water partition coefficient (Wildman–Crippen LogP) is 1.16. The Kier molecular flexibility index (Phi) is 5.61. The molecule has 0 aliphatic heterocycles. The lowest BCUT2D eigenvalue weighted by Gasteiger charge is -2.17. The number of nitrogen functional groups attached to an aromatic ring is 1. The fourth-order valence-corrected chi connectivity index (χ4v) is 1.94. The minimum Gasteiger partial charge on any atom is -0.383 e. The third-order valence-corrected chi connectivity index (χ3v) is 2.98. The van der Waals surface area contributed by atoms with Crippen LogP contribution in [0.25, 0.3) is 0 Å². The average molecular weight is 280 g/mol. The van der Waals surface area contributed by atoms with Crippen LogP contribution in [-0.2, 0) is 13.6 Å². The van der Waals surface area contributed by atoms with E-state index in [9.17, 15) is 9.59 Å². The van der Waals surface area contributed by atoms with Gasteiger partial charge in [0.15, 0.2) is 0 Å². The number of nitrogens with zero attached hydrogens (tertiary/aromatic N) is 2. The van der Waals surface area contributed by atoms with E-state index >= 15 is 0 Å². The van der Waals surface area contributed by atoms with Gasteiger partial charge in [0.2, 0.25) is 0 Å². The molecule has 0 saturated heterocycles. The molecule has 0 saturated carbocycles. The summed E-state index contributed by atoms with van der Waals surface area (Å²) >= 11 is 0. The molecule has 1 aromatic rings. The van der Waals surface area contributed by atoms with Gasteiger partial charge in [-0.2, -0.15) is 0 Å². The Balaban J connectivity index is 3.20. The van der Waals surface area contributed by atoms with Gasteiger partial charge in [0.1, 0.15) is 11.5 Å². The van der Waals surface area contributed by atoms with E-state index in [1.54, 1.807) is 0 Å². The molecular weight excluding hydrogens is 256 g/mol. The molecule has 1 heterocycles. The Morgan fingerprint density at radius 1 is 1.35 bits per heavy atom.